The topological polar surface area (TPSA) is 15.3 Å². The molecule has 1 aliphatic rings. The van der Waals surface area contributed by atoms with Crippen molar-refractivity contribution in [2.45, 2.75) is 25.4 Å². The van der Waals surface area contributed by atoms with Crippen molar-refractivity contribution in [2.75, 3.05) is 18.9 Å². The molecule has 2 atom stereocenters. The first-order chi connectivity index (χ1) is 7.56. The summed E-state index contributed by atoms with van der Waals surface area (Å²) in [6.45, 7) is 3.16. The second kappa shape index (κ2) is 4.72. The molecular formula is C12H16BrFN2. The standard InChI is InChI=1S/C12H16BrFN2/c1-8-5-10(7-16(8)2)15-12-4-3-9(13)6-11(12)14/h3-4,6,8,10,15H,5,7H2,1-2H3. The van der Waals surface area contributed by atoms with E-state index in [1.807, 2.05) is 6.07 Å². The smallest absolute Gasteiger partial charge is 0.147 e. The van der Waals surface area contributed by atoms with Crippen molar-refractivity contribution in [3.63, 3.8) is 0 Å². The highest BCUT2D eigenvalue weighted by molar-refractivity contribution is 9.10. The Bertz CT molecular complexity index is 373. The first-order valence-corrected chi connectivity index (χ1v) is 6.27. The maximum Gasteiger partial charge on any atom is 0.147 e. The van der Waals surface area contributed by atoms with E-state index in [1.165, 1.54) is 6.07 Å². The summed E-state index contributed by atoms with van der Waals surface area (Å²) in [6, 6.07) is 6.03. The highest BCUT2D eigenvalue weighted by Gasteiger charge is 2.26. The Kier molecular flexibility index (Phi) is 3.50. The lowest BCUT2D eigenvalue weighted by Crippen LogP contribution is -2.25. The van der Waals surface area contributed by atoms with E-state index >= 15 is 0 Å². The summed E-state index contributed by atoms with van der Waals surface area (Å²) in [7, 11) is 2.10. The van der Waals surface area contributed by atoms with Crippen LogP contribution < -0.4 is 5.32 Å². The van der Waals surface area contributed by atoms with Gasteiger partial charge < -0.3 is 10.2 Å². The van der Waals surface area contributed by atoms with E-state index in [9.17, 15) is 4.39 Å². The molecule has 1 fully saturated rings. The van der Waals surface area contributed by atoms with E-state index in [4.69, 9.17) is 0 Å². The van der Waals surface area contributed by atoms with Gasteiger partial charge in [0.15, 0.2) is 0 Å². The Balaban J connectivity index is 2.05. The zero-order valence-corrected chi connectivity index (χ0v) is 11.1. The van der Waals surface area contributed by atoms with Crippen molar-refractivity contribution >= 4 is 21.6 Å². The lowest BCUT2D eigenvalue weighted by Gasteiger charge is -2.15. The molecule has 0 spiro atoms. The fourth-order valence-corrected chi connectivity index (χ4v) is 2.46. The van der Waals surface area contributed by atoms with E-state index < -0.39 is 0 Å². The Morgan fingerprint density at radius 3 is 2.81 bits per heavy atom. The molecule has 2 nitrogen and oxygen atoms in total. The normalized spacial score (nSPS) is 26.0. The predicted molar refractivity (Wildman–Crippen MR) is 68.2 cm³/mol. The molecule has 0 aliphatic carbocycles. The van der Waals surface area contributed by atoms with Gasteiger partial charge in [-0.15, -0.1) is 0 Å². The summed E-state index contributed by atoms with van der Waals surface area (Å²) < 4.78 is 14.4. The van der Waals surface area contributed by atoms with Gasteiger partial charge in [0, 0.05) is 23.1 Å². The molecule has 1 saturated heterocycles. The summed E-state index contributed by atoms with van der Waals surface area (Å²) in [5.74, 6) is -0.198. The van der Waals surface area contributed by atoms with Gasteiger partial charge in [-0.2, -0.15) is 0 Å². The number of benzene rings is 1. The number of nitrogens with one attached hydrogen (secondary N) is 1. The molecule has 0 aromatic heterocycles. The van der Waals surface area contributed by atoms with Crippen LogP contribution in [-0.4, -0.2) is 30.6 Å². The minimum Gasteiger partial charge on any atom is -0.379 e. The number of hydrogen-bond acceptors (Lipinski definition) is 2. The van der Waals surface area contributed by atoms with Crippen LogP contribution in [0.1, 0.15) is 13.3 Å². The van der Waals surface area contributed by atoms with Gasteiger partial charge in [-0.1, -0.05) is 15.9 Å². The number of anilines is 1. The molecule has 88 valence electrons. The number of likely N-dealkylation sites (N-methyl/N-ethyl adjacent to an activating group) is 1. The summed E-state index contributed by atoms with van der Waals surface area (Å²) in [6.07, 6.45) is 1.06. The number of rotatable bonds is 2. The van der Waals surface area contributed by atoms with Crippen LogP contribution in [-0.2, 0) is 0 Å². The van der Waals surface area contributed by atoms with Gasteiger partial charge in [0.25, 0.3) is 0 Å². The van der Waals surface area contributed by atoms with Gasteiger partial charge >= 0.3 is 0 Å². The van der Waals surface area contributed by atoms with Crippen molar-refractivity contribution < 1.29 is 4.39 Å². The van der Waals surface area contributed by atoms with Crippen LogP contribution in [0.5, 0.6) is 0 Å². The zero-order chi connectivity index (χ0) is 11.7. The molecule has 1 aromatic rings. The third-order valence-electron chi connectivity index (χ3n) is 3.18. The molecule has 16 heavy (non-hydrogen) atoms. The van der Waals surface area contributed by atoms with Gasteiger partial charge in [0.1, 0.15) is 5.82 Å². The third kappa shape index (κ3) is 2.55. The van der Waals surface area contributed by atoms with E-state index in [2.05, 4.69) is 40.1 Å². The van der Waals surface area contributed by atoms with Gasteiger partial charge in [0.2, 0.25) is 0 Å². The van der Waals surface area contributed by atoms with Crippen molar-refractivity contribution in [2.24, 2.45) is 0 Å². The van der Waals surface area contributed by atoms with Crippen LogP contribution in [0.2, 0.25) is 0 Å². The minimum absolute atomic E-state index is 0.198. The molecule has 1 aromatic carbocycles. The first-order valence-electron chi connectivity index (χ1n) is 5.48. The Morgan fingerprint density at radius 2 is 2.25 bits per heavy atom. The monoisotopic (exact) mass is 286 g/mol. The second-order valence-electron chi connectivity index (χ2n) is 4.49. The number of nitrogens with zero attached hydrogens (tertiary/aromatic N) is 1. The van der Waals surface area contributed by atoms with Gasteiger partial charge in [-0.05, 0) is 38.6 Å². The quantitative estimate of drug-likeness (QED) is 0.899. The summed E-state index contributed by atoms with van der Waals surface area (Å²) >= 11 is 3.25. The fourth-order valence-electron chi connectivity index (χ4n) is 2.12. The molecule has 1 heterocycles. The molecule has 0 radical (unpaired) electrons. The molecule has 0 bridgehead atoms. The van der Waals surface area contributed by atoms with Crippen LogP contribution in [0, 0.1) is 5.82 Å². The average molecular weight is 287 g/mol. The Hall–Kier alpha value is -0.610. The van der Waals surface area contributed by atoms with Crippen molar-refractivity contribution in [1.82, 2.24) is 4.90 Å². The molecule has 1 aliphatic heterocycles. The lowest BCUT2D eigenvalue weighted by molar-refractivity contribution is 0.330. The fraction of sp³-hybridized carbons (Fsp3) is 0.500. The van der Waals surface area contributed by atoms with Crippen molar-refractivity contribution in [3.05, 3.63) is 28.5 Å². The van der Waals surface area contributed by atoms with Gasteiger partial charge in [0.05, 0.1) is 5.69 Å². The number of halogens is 2. The first kappa shape index (κ1) is 11.9. The zero-order valence-electron chi connectivity index (χ0n) is 9.50. The predicted octanol–water partition coefficient (Wildman–Crippen LogP) is 3.09. The van der Waals surface area contributed by atoms with Crippen molar-refractivity contribution in [3.8, 4) is 0 Å². The summed E-state index contributed by atoms with van der Waals surface area (Å²) in [5, 5.41) is 3.26. The maximum absolute atomic E-state index is 13.6. The van der Waals surface area contributed by atoms with Crippen LogP contribution in [0.4, 0.5) is 10.1 Å². The number of hydrogen-bond donors (Lipinski definition) is 1. The van der Waals surface area contributed by atoms with E-state index in [-0.39, 0.29) is 5.82 Å². The molecule has 0 saturated carbocycles. The SMILES string of the molecule is CC1CC(Nc2ccc(Br)cc2F)CN1C. The third-order valence-corrected chi connectivity index (χ3v) is 3.67. The maximum atomic E-state index is 13.6. The molecule has 2 unspecified atom stereocenters. The van der Waals surface area contributed by atoms with Crippen LogP contribution in [0.15, 0.2) is 22.7 Å². The minimum atomic E-state index is -0.198. The van der Waals surface area contributed by atoms with Crippen molar-refractivity contribution in [1.29, 1.82) is 0 Å². The molecular weight excluding hydrogens is 271 g/mol. The highest BCUT2D eigenvalue weighted by atomic mass is 79.9. The second-order valence-corrected chi connectivity index (χ2v) is 5.41. The Morgan fingerprint density at radius 1 is 1.50 bits per heavy atom. The number of likely N-dealkylation sites (tertiary alicyclic amines) is 1. The molecule has 0 amide bonds. The molecule has 4 heteroatoms. The van der Waals surface area contributed by atoms with Gasteiger partial charge in [-0.3, -0.25) is 0 Å². The van der Waals surface area contributed by atoms with Crippen LogP contribution >= 0.6 is 15.9 Å². The highest BCUT2D eigenvalue weighted by Crippen LogP contribution is 2.23. The van der Waals surface area contributed by atoms with E-state index in [0.29, 0.717) is 17.8 Å². The summed E-state index contributed by atoms with van der Waals surface area (Å²) in [5.41, 5.74) is 0.593. The van der Waals surface area contributed by atoms with Gasteiger partial charge in [-0.25, -0.2) is 4.39 Å². The van der Waals surface area contributed by atoms with E-state index in [1.54, 1.807) is 6.07 Å². The van der Waals surface area contributed by atoms with Crippen LogP contribution in [0.3, 0.4) is 0 Å². The van der Waals surface area contributed by atoms with Crippen LogP contribution in [0.25, 0.3) is 0 Å². The van der Waals surface area contributed by atoms with E-state index in [0.717, 1.165) is 17.4 Å². The lowest BCUT2D eigenvalue weighted by atomic mass is 10.2. The molecule has 1 N–H and O–H groups in total. The largest absolute Gasteiger partial charge is 0.379 e. The average Bonchev–Trinajstić information content (AvgIpc) is 2.51. The Labute approximate surface area is 104 Å². The molecule has 2 rings (SSSR count). The summed E-state index contributed by atoms with van der Waals surface area (Å²) in [4.78, 5) is 2.29.